The van der Waals surface area contributed by atoms with Crippen molar-refractivity contribution in [3.63, 3.8) is 0 Å². The van der Waals surface area contributed by atoms with E-state index in [1.165, 1.54) is 19.0 Å². The van der Waals surface area contributed by atoms with Crippen LogP contribution in [-0.4, -0.2) is 146 Å². The van der Waals surface area contributed by atoms with Crippen molar-refractivity contribution in [2.24, 2.45) is 31.2 Å². The van der Waals surface area contributed by atoms with Crippen molar-refractivity contribution in [1.82, 2.24) is 127 Å². The molecule has 0 aliphatic carbocycles. The van der Waals surface area contributed by atoms with Crippen molar-refractivity contribution in [3.05, 3.63) is 124 Å². The van der Waals surface area contributed by atoms with Gasteiger partial charge in [-0.25, -0.2) is 59.7 Å². The summed E-state index contributed by atoms with van der Waals surface area (Å²) in [6, 6.07) is 0. The predicted molar refractivity (Wildman–Crippen MR) is 396 cm³/mol. The van der Waals surface area contributed by atoms with Crippen LogP contribution in [0, 0.1) is 10.8 Å². The summed E-state index contributed by atoms with van der Waals surface area (Å²) in [6.45, 7) is 67.0. The Kier molecular flexibility index (Phi) is 33.9. The molecule has 39 heteroatoms. The molecule has 0 radical (unpaired) electrons. The molecule has 0 spiro atoms. The Balaban J connectivity index is 0.000000578. The first-order valence-electron chi connectivity index (χ1n) is 33.5. The molecule has 2 aliphatic rings. The van der Waals surface area contributed by atoms with Crippen molar-refractivity contribution in [1.29, 1.82) is 0 Å². The molecule has 586 valence electrons. The standard InChI is InChI=1S/C7H12N2O.2C6H11N3O.3C6H11N3.3C6H10N2O2.C6H10N2O.C5H10N4/c1-7(2,3)5-4-6(10)9-8-5;2*1-6(2,3)4-7-5(10)9-8-4;3*1-6(2,3)5-7-4-8-9-5;1-6(2,3)4-7-8-5(9)10-4;2*1-6(2,3)4-7-5(9)10-8-4;1-6(2,3)5-7-4-9-8-5;1-5(2,3)4-6-8-9-7-4/h4H2,1-3H3,(H,9,10);2*1-3H3,(H2,7,8,9,10);4H2,1-3H3;2*4H,1-3H3,(H,7,8,9);1-3H3,(H,8,9);2*1-3H3,(H,7,8,9);4H,1-3H3;1-3H3,(H,6,7,8,9). The molecule has 1 amide bonds. The first-order chi connectivity index (χ1) is 47.5. The smallest absolute Gasteiger partial charge is 0.392 e. The molecule has 0 aromatic carbocycles. The molecule has 9 aromatic heterocycles. The maximum atomic E-state index is 10.7. The summed E-state index contributed by atoms with van der Waals surface area (Å²) >= 11 is 0. The molecule has 9 aromatic rings. The number of hydrogen-bond acceptors (Lipinski definition) is 28. The van der Waals surface area contributed by atoms with Gasteiger partial charge in [0, 0.05) is 59.6 Å². The van der Waals surface area contributed by atoms with Gasteiger partial charge in [-0.2, -0.15) is 40.8 Å². The highest BCUT2D eigenvalue weighted by Gasteiger charge is 2.27. The van der Waals surface area contributed by atoms with Crippen molar-refractivity contribution in [3.8, 4) is 0 Å². The normalized spacial score (nSPS) is 13.1. The zero-order chi connectivity index (χ0) is 81.2. The van der Waals surface area contributed by atoms with Gasteiger partial charge in [0.2, 0.25) is 18.2 Å². The zero-order valence-corrected chi connectivity index (χ0v) is 67.8. The van der Waals surface area contributed by atoms with Crippen LogP contribution in [0.25, 0.3) is 0 Å². The number of H-pyrrole nitrogens is 10. The molecule has 0 unspecified atom stereocenters. The van der Waals surface area contributed by atoms with E-state index in [0.29, 0.717) is 42.3 Å². The topological polar surface area (TPSA) is 555 Å². The van der Waals surface area contributed by atoms with Crippen LogP contribution in [0.1, 0.15) is 287 Å². The summed E-state index contributed by atoms with van der Waals surface area (Å²) in [4.78, 5) is 89.4. The van der Waals surface area contributed by atoms with E-state index >= 15 is 0 Å². The zero-order valence-electron chi connectivity index (χ0n) is 67.8. The highest BCUT2D eigenvalue weighted by molar-refractivity contribution is 6.07. The van der Waals surface area contributed by atoms with Gasteiger partial charge in [-0.05, 0) is 0 Å². The molecule has 0 fully saturated rings. The number of azo groups is 1. The number of nitrogens with zero attached hydrogens (tertiary/aromatic N) is 18. The van der Waals surface area contributed by atoms with Crippen LogP contribution < -0.4 is 34.1 Å². The number of hydrogen-bond donors (Lipinski definition) is 11. The third-order valence-electron chi connectivity index (χ3n) is 12.7. The van der Waals surface area contributed by atoms with E-state index in [4.69, 9.17) is 4.42 Å². The van der Waals surface area contributed by atoms with Crippen molar-refractivity contribution >= 4 is 17.5 Å². The average Bonchev–Trinajstić information content (AvgIpc) is 1.75. The summed E-state index contributed by atoms with van der Waals surface area (Å²) in [5.74, 6) is 5.74. The van der Waals surface area contributed by atoms with Crippen LogP contribution in [0.4, 0.5) is 0 Å². The van der Waals surface area contributed by atoms with E-state index < -0.39 is 17.3 Å². The average molecular weight is 1480 g/mol. The van der Waals surface area contributed by atoms with Crippen molar-refractivity contribution in [2.45, 2.75) is 284 Å². The molecule has 0 bridgehead atoms. The van der Waals surface area contributed by atoms with Crippen molar-refractivity contribution < 1.29 is 22.8 Å². The van der Waals surface area contributed by atoms with Crippen molar-refractivity contribution in [2.75, 3.05) is 6.67 Å². The van der Waals surface area contributed by atoms with E-state index in [1.807, 2.05) is 166 Å². The minimum absolute atomic E-state index is 0.00456. The van der Waals surface area contributed by atoms with Gasteiger partial charge >= 0.3 is 28.6 Å². The number of rotatable bonds is 0. The Morgan fingerprint density at radius 3 is 0.971 bits per heavy atom. The minimum atomic E-state index is -0.495. The van der Waals surface area contributed by atoms with Crippen LogP contribution >= 0.6 is 0 Å². The second-order valence-electron chi connectivity index (χ2n) is 34.9. The molecule has 11 heterocycles. The third-order valence-corrected chi connectivity index (χ3v) is 12.7. The van der Waals surface area contributed by atoms with E-state index in [0.717, 1.165) is 34.8 Å². The second-order valence-corrected chi connectivity index (χ2v) is 34.9. The molecule has 0 saturated heterocycles. The first kappa shape index (κ1) is 92.6. The lowest BCUT2D eigenvalue weighted by Crippen LogP contribution is -2.19. The Bertz CT molecular complexity index is 3760. The number of hydrazone groups is 1. The Hall–Kier alpha value is -10.4. The largest absolute Gasteiger partial charge is 0.438 e. The molecule has 11 N–H and O–H groups in total. The van der Waals surface area contributed by atoms with E-state index in [9.17, 15) is 28.8 Å². The molecule has 2 aliphatic heterocycles. The monoisotopic (exact) mass is 1480 g/mol. The lowest BCUT2D eigenvalue weighted by atomic mass is 9.88. The molecular weight excluding hydrogens is 1360 g/mol. The van der Waals surface area contributed by atoms with E-state index in [1.54, 1.807) is 0 Å². The van der Waals surface area contributed by atoms with Gasteiger partial charge in [0.15, 0.2) is 35.8 Å². The predicted octanol–water partition coefficient (Wildman–Crippen LogP) is 9.60. The fourth-order valence-electron chi connectivity index (χ4n) is 6.43. The molecular formula is C66H117N29O10. The number of aromatic amines is 10. The Labute approximate surface area is 611 Å². The Morgan fingerprint density at radius 2 is 0.819 bits per heavy atom. The molecule has 0 saturated carbocycles. The number of amides is 1. The van der Waals surface area contributed by atoms with Crippen LogP contribution in [0.15, 0.2) is 81.3 Å². The molecule has 0 atom stereocenters. The minimum Gasteiger partial charge on any atom is -0.392 e. The summed E-state index contributed by atoms with van der Waals surface area (Å²) in [5, 5.41) is 67.1. The molecule has 11 rings (SSSR count). The lowest BCUT2D eigenvalue weighted by Gasteiger charge is -2.15. The van der Waals surface area contributed by atoms with Crippen LogP contribution in [-0.2, 0) is 53.5 Å². The van der Waals surface area contributed by atoms with Gasteiger partial charge in [0.1, 0.15) is 36.0 Å². The van der Waals surface area contributed by atoms with Gasteiger partial charge in [0.05, 0.1) is 12.1 Å². The van der Waals surface area contributed by atoms with Gasteiger partial charge in [-0.15, -0.1) is 20.4 Å². The number of tetrazole rings is 1. The summed E-state index contributed by atoms with van der Waals surface area (Å²) in [6.07, 6.45) is 4.87. The molecule has 105 heavy (non-hydrogen) atoms. The summed E-state index contributed by atoms with van der Waals surface area (Å²) in [5.41, 5.74) is 2.52. The van der Waals surface area contributed by atoms with Crippen LogP contribution in [0.5, 0.6) is 0 Å². The van der Waals surface area contributed by atoms with Crippen LogP contribution in [0.2, 0.25) is 0 Å². The quantitative estimate of drug-likeness (QED) is 0.0672. The van der Waals surface area contributed by atoms with Crippen LogP contribution in [0.3, 0.4) is 0 Å². The highest BCUT2D eigenvalue weighted by Crippen LogP contribution is 2.24. The number of aliphatic imine (C=N–C) groups is 1. The number of nitrogens with one attached hydrogen (secondary N) is 11. The Morgan fingerprint density at radius 1 is 0.390 bits per heavy atom. The fourth-order valence-corrected chi connectivity index (χ4v) is 6.43. The van der Waals surface area contributed by atoms with Gasteiger partial charge in [0.25, 0.3) is 0 Å². The van der Waals surface area contributed by atoms with Gasteiger partial charge < -0.3 is 8.94 Å². The lowest BCUT2D eigenvalue weighted by molar-refractivity contribution is -0.119. The maximum Gasteiger partial charge on any atom is 0.438 e. The molecule has 39 nitrogen and oxygen atoms in total. The SMILES string of the molecule is CC(C)(C)C1=NCN=N1.CC(C)(C)C1=NNC(=O)C1.CC(C)(C)c1n[nH]c(=O)[nH]1.CC(C)(C)c1n[nH]c(=O)[nH]1.CC(C)(C)c1n[nH]c(=O)o1.CC(C)(C)c1ncn[nH]1.CC(C)(C)c1ncn[nH]1.CC(C)(C)c1ncon1.CC(C)(C)c1nn[nH]n1.CC(C)(C)c1noc(=O)[nH]1.CC(C)(C)c1noc(=O)[nH]1. The van der Waals surface area contributed by atoms with Gasteiger partial charge in [-0.3, -0.25) is 44.0 Å². The number of amidine groups is 1. The third kappa shape index (κ3) is 37.6. The summed E-state index contributed by atoms with van der Waals surface area (Å²) in [7, 11) is 0. The summed E-state index contributed by atoms with van der Waals surface area (Å²) < 4.78 is 18.0. The number of carbonyl (C=O) groups is 1. The second kappa shape index (κ2) is 38.4. The highest BCUT2D eigenvalue weighted by atomic mass is 16.5. The van der Waals surface area contributed by atoms with E-state index in [-0.39, 0.29) is 76.9 Å². The number of carbonyl (C=O) groups excluding carboxylic acids is 1. The fraction of sp³-hybridized carbons (Fsp3) is 0.697. The first-order valence-corrected chi connectivity index (χ1v) is 33.5. The maximum absolute atomic E-state index is 10.7. The van der Waals surface area contributed by atoms with E-state index in [2.05, 4.69) is 224 Å². The van der Waals surface area contributed by atoms with Gasteiger partial charge in [-0.1, -0.05) is 249 Å². The number of aromatic nitrogens is 24.